The Hall–Kier alpha value is -1.94. The van der Waals surface area contributed by atoms with Gasteiger partial charge in [0.05, 0.1) is 11.4 Å². The van der Waals surface area contributed by atoms with E-state index in [-0.39, 0.29) is 5.91 Å². The van der Waals surface area contributed by atoms with Crippen LogP contribution in [0.3, 0.4) is 0 Å². The minimum absolute atomic E-state index is 0.174. The zero-order chi connectivity index (χ0) is 16.6. The highest BCUT2D eigenvalue weighted by molar-refractivity contribution is 14.1. The van der Waals surface area contributed by atoms with Crippen LogP contribution in [0.5, 0.6) is 0 Å². The van der Waals surface area contributed by atoms with Gasteiger partial charge in [0, 0.05) is 25.7 Å². The van der Waals surface area contributed by atoms with Crippen LogP contribution < -0.4 is 10.6 Å². The smallest absolute Gasteiger partial charge is 0.222 e. The summed E-state index contributed by atoms with van der Waals surface area (Å²) in [7, 11) is 1.78. The summed E-state index contributed by atoms with van der Waals surface area (Å²) in [5.74, 6) is 0.319. The Bertz CT molecular complexity index is 910. The zero-order valence-electron chi connectivity index (χ0n) is 12.3. The highest BCUT2D eigenvalue weighted by atomic mass is 127. The summed E-state index contributed by atoms with van der Waals surface area (Å²) >= 11 is 8.10. The predicted octanol–water partition coefficient (Wildman–Crippen LogP) is 3.05. The van der Waals surface area contributed by atoms with Gasteiger partial charge in [-0.25, -0.2) is 14.5 Å². The van der Waals surface area contributed by atoms with E-state index in [0.29, 0.717) is 16.6 Å². The molecule has 3 aromatic heterocycles. The standard InChI is InChI=1S/C14H12ClIN6O/c1-7(23)19-14-13(16)22-11(20-14)4-3-9(21-22)8-5-10(17-2)12(15)18-6-8/h3-6,17H,1-2H3,(H,19,23). The van der Waals surface area contributed by atoms with Gasteiger partial charge in [-0.1, -0.05) is 11.6 Å². The predicted molar refractivity (Wildman–Crippen MR) is 97.8 cm³/mol. The number of hydrogen-bond donors (Lipinski definition) is 2. The molecule has 3 heterocycles. The molecule has 3 rings (SSSR count). The van der Waals surface area contributed by atoms with Crippen LogP contribution in [0.2, 0.25) is 5.15 Å². The Labute approximate surface area is 150 Å². The van der Waals surface area contributed by atoms with Crippen molar-refractivity contribution in [3.05, 3.63) is 33.2 Å². The van der Waals surface area contributed by atoms with Gasteiger partial charge in [-0.2, -0.15) is 5.10 Å². The van der Waals surface area contributed by atoms with Crippen molar-refractivity contribution >= 4 is 57.3 Å². The second kappa shape index (κ2) is 6.28. The number of carbonyl (C=O) groups excluding carboxylic acids is 1. The number of carbonyl (C=O) groups is 1. The molecular weight excluding hydrogens is 431 g/mol. The fraction of sp³-hybridized carbons (Fsp3) is 0.143. The molecule has 0 unspecified atom stereocenters. The maximum absolute atomic E-state index is 11.2. The number of nitrogens with one attached hydrogen (secondary N) is 2. The largest absolute Gasteiger partial charge is 0.386 e. The highest BCUT2D eigenvalue weighted by Crippen LogP contribution is 2.26. The topological polar surface area (TPSA) is 84.2 Å². The number of pyridine rings is 1. The third-order valence-corrected chi connectivity index (χ3v) is 4.39. The number of imidazole rings is 1. The third kappa shape index (κ3) is 3.08. The van der Waals surface area contributed by atoms with Crippen molar-refractivity contribution in [1.82, 2.24) is 19.6 Å². The van der Waals surface area contributed by atoms with Gasteiger partial charge in [-0.05, 0) is 40.8 Å². The molecule has 0 aliphatic rings. The molecule has 0 saturated heterocycles. The van der Waals surface area contributed by atoms with E-state index in [9.17, 15) is 4.79 Å². The molecule has 0 aliphatic carbocycles. The normalized spacial score (nSPS) is 10.8. The van der Waals surface area contributed by atoms with Crippen molar-refractivity contribution in [2.45, 2.75) is 6.92 Å². The number of fused-ring (bicyclic) bond motifs is 1. The minimum Gasteiger partial charge on any atom is -0.386 e. The van der Waals surface area contributed by atoms with E-state index < -0.39 is 0 Å². The summed E-state index contributed by atoms with van der Waals surface area (Å²) in [6, 6.07) is 5.56. The van der Waals surface area contributed by atoms with Gasteiger partial charge in [-0.3, -0.25) is 4.79 Å². The third-order valence-electron chi connectivity index (χ3n) is 3.12. The van der Waals surface area contributed by atoms with Crippen molar-refractivity contribution in [3.8, 4) is 11.3 Å². The van der Waals surface area contributed by atoms with Gasteiger partial charge in [0.1, 0.15) is 3.70 Å². The van der Waals surface area contributed by atoms with E-state index in [4.69, 9.17) is 11.6 Å². The van der Waals surface area contributed by atoms with Gasteiger partial charge in [0.2, 0.25) is 5.91 Å². The van der Waals surface area contributed by atoms with Crippen LogP contribution in [-0.4, -0.2) is 32.5 Å². The number of amides is 1. The van der Waals surface area contributed by atoms with E-state index in [1.807, 2.05) is 18.2 Å². The summed E-state index contributed by atoms with van der Waals surface area (Å²) in [4.78, 5) is 19.7. The van der Waals surface area contributed by atoms with Crippen LogP contribution in [0.4, 0.5) is 11.5 Å². The van der Waals surface area contributed by atoms with Gasteiger partial charge in [-0.15, -0.1) is 0 Å². The number of anilines is 2. The molecule has 23 heavy (non-hydrogen) atoms. The molecule has 1 amide bonds. The Morgan fingerprint density at radius 3 is 2.87 bits per heavy atom. The van der Waals surface area contributed by atoms with E-state index in [1.165, 1.54) is 6.92 Å². The van der Waals surface area contributed by atoms with Gasteiger partial charge in [0.25, 0.3) is 0 Å². The first-order valence-electron chi connectivity index (χ1n) is 6.66. The molecule has 3 aromatic rings. The Balaban J connectivity index is 2.09. The Kier molecular flexibility index (Phi) is 4.35. The molecule has 0 fully saturated rings. The van der Waals surface area contributed by atoms with E-state index in [2.05, 4.69) is 48.3 Å². The molecule has 0 spiro atoms. The van der Waals surface area contributed by atoms with Crippen LogP contribution in [0.15, 0.2) is 24.4 Å². The maximum Gasteiger partial charge on any atom is 0.222 e. The van der Waals surface area contributed by atoms with Crippen molar-refractivity contribution in [1.29, 1.82) is 0 Å². The second-order valence-corrected chi connectivity index (χ2v) is 6.11. The lowest BCUT2D eigenvalue weighted by Crippen LogP contribution is -2.07. The summed E-state index contributed by atoms with van der Waals surface area (Å²) in [6.45, 7) is 1.44. The Morgan fingerprint density at radius 1 is 1.39 bits per heavy atom. The number of hydrogen-bond acceptors (Lipinski definition) is 5. The number of nitrogens with zero attached hydrogens (tertiary/aromatic N) is 4. The lowest BCUT2D eigenvalue weighted by molar-refractivity contribution is -0.114. The maximum atomic E-state index is 11.2. The lowest BCUT2D eigenvalue weighted by atomic mass is 10.2. The quantitative estimate of drug-likeness (QED) is 0.481. The number of rotatable bonds is 3. The van der Waals surface area contributed by atoms with Crippen LogP contribution in [0, 0.1) is 3.70 Å². The molecule has 0 aromatic carbocycles. The summed E-state index contributed by atoms with van der Waals surface area (Å²) in [6.07, 6.45) is 1.66. The van der Waals surface area contributed by atoms with Gasteiger partial charge < -0.3 is 10.6 Å². The fourth-order valence-electron chi connectivity index (χ4n) is 2.07. The average Bonchev–Trinajstić information content (AvgIpc) is 2.83. The lowest BCUT2D eigenvalue weighted by Gasteiger charge is -2.06. The SMILES string of the molecule is CNc1cc(-c2ccc3nc(NC(C)=O)c(I)n3n2)cnc1Cl. The van der Waals surface area contributed by atoms with Crippen molar-refractivity contribution in [2.75, 3.05) is 17.7 Å². The van der Waals surface area contributed by atoms with E-state index in [1.54, 1.807) is 17.8 Å². The molecule has 0 saturated carbocycles. The van der Waals surface area contributed by atoms with Crippen molar-refractivity contribution < 1.29 is 4.79 Å². The van der Waals surface area contributed by atoms with E-state index >= 15 is 0 Å². The highest BCUT2D eigenvalue weighted by Gasteiger charge is 2.13. The van der Waals surface area contributed by atoms with Crippen LogP contribution in [0.25, 0.3) is 16.9 Å². The van der Waals surface area contributed by atoms with Crippen LogP contribution in [-0.2, 0) is 4.79 Å². The summed E-state index contributed by atoms with van der Waals surface area (Å²) < 4.78 is 2.40. The summed E-state index contributed by atoms with van der Waals surface area (Å²) in [5, 5.41) is 10.6. The molecule has 0 atom stereocenters. The molecule has 0 radical (unpaired) electrons. The summed E-state index contributed by atoms with van der Waals surface area (Å²) in [5.41, 5.74) is 2.93. The first kappa shape index (κ1) is 15.9. The van der Waals surface area contributed by atoms with Crippen molar-refractivity contribution in [3.63, 3.8) is 0 Å². The zero-order valence-corrected chi connectivity index (χ0v) is 15.2. The first-order valence-corrected chi connectivity index (χ1v) is 8.12. The van der Waals surface area contributed by atoms with Crippen molar-refractivity contribution in [2.24, 2.45) is 0 Å². The molecule has 9 heteroatoms. The van der Waals surface area contributed by atoms with Gasteiger partial charge in [0.15, 0.2) is 16.6 Å². The van der Waals surface area contributed by atoms with Crippen LogP contribution >= 0.6 is 34.2 Å². The molecular formula is C14H12ClIN6O. The average molecular weight is 443 g/mol. The Morgan fingerprint density at radius 2 is 2.17 bits per heavy atom. The number of aromatic nitrogens is 4. The molecule has 2 N–H and O–H groups in total. The monoisotopic (exact) mass is 442 g/mol. The van der Waals surface area contributed by atoms with E-state index in [0.717, 1.165) is 20.6 Å². The number of halogens is 2. The molecule has 0 aliphatic heterocycles. The molecule has 7 nitrogen and oxygen atoms in total. The fourth-order valence-corrected chi connectivity index (χ4v) is 2.88. The molecule has 0 bridgehead atoms. The first-order chi connectivity index (χ1) is 11.0. The van der Waals surface area contributed by atoms with Crippen LogP contribution in [0.1, 0.15) is 6.92 Å². The van der Waals surface area contributed by atoms with Gasteiger partial charge >= 0.3 is 0 Å². The molecule has 118 valence electrons. The minimum atomic E-state index is -0.174. The second-order valence-electron chi connectivity index (χ2n) is 4.73.